The molecule has 10 heteroatoms. The summed E-state index contributed by atoms with van der Waals surface area (Å²) in [6.07, 6.45) is 0. The van der Waals surface area contributed by atoms with Gasteiger partial charge in [-0.15, -0.1) is 11.3 Å². The molecule has 0 saturated carbocycles. The van der Waals surface area contributed by atoms with Gasteiger partial charge in [-0.05, 0) is 36.1 Å². The SMILES string of the molecule is Cc1c(C(=O)N2CCN(S(=O)(=O)c3ccc([N+](=O)[O-])cc3)CC2)sc2ccccc12. The highest BCUT2D eigenvalue weighted by molar-refractivity contribution is 7.89. The summed E-state index contributed by atoms with van der Waals surface area (Å²) in [5, 5.41) is 11.8. The average molecular weight is 446 g/mol. The molecule has 0 spiro atoms. The van der Waals surface area contributed by atoms with Gasteiger partial charge >= 0.3 is 0 Å². The van der Waals surface area contributed by atoms with Crippen LogP contribution in [0.15, 0.2) is 53.4 Å². The molecular weight excluding hydrogens is 426 g/mol. The zero-order chi connectivity index (χ0) is 21.5. The molecule has 1 aromatic heterocycles. The Morgan fingerprint density at radius 3 is 2.27 bits per heavy atom. The molecule has 8 nitrogen and oxygen atoms in total. The van der Waals surface area contributed by atoms with E-state index in [0.29, 0.717) is 18.0 Å². The van der Waals surface area contributed by atoms with Crippen LogP contribution >= 0.6 is 11.3 Å². The number of fused-ring (bicyclic) bond motifs is 1. The minimum Gasteiger partial charge on any atom is -0.335 e. The molecule has 1 aliphatic heterocycles. The van der Waals surface area contributed by atoms with Crippen molar-refractivity contribution in [1.29, 1.82) is 0 Å². The molecule has 1 aliphatic rings. The number of piperazine rings is 1. The van der Waals surface area contributed by atoms with E-state index in [1.165, 1.54) is 39.9 Å². The first-order chi connectivity index (χ1) is 14.3. The Bertz CT molecular complexity index is 1230. The second-order valence-corrected chi connectivity index (χ2v) is 9.99. The maximum absolute atomic E-state index is 13.0. The topological polar surface area (TPSA) is 101 Å². The number of hydrogen-bond acceptors (Lipinski definition) is 6. The van der Waals surface area contributed by atoms with Crippen LogP contribution in [0.5, 0.6) is 0 Å². The Morgan fingerprint density at radius 1 is 1.03 bits per heavy atom. The predicted molar refractivity (Wildman–Crippen MR) is 114 cm³/mol. The first-order valence-electron chi connectivity index (χ1n) is 9.31. The highest BCUT2D eigenvalue weighted by Gasteiger charge is 2.31. The lowest BCUT2D eigenvalue weighted by atomic mass is 10.1. The fourth-order valence-corrected chi connectivity index (χ4v) is 6.14. The molecule has 0 atom stereocenters. The monoisotopic (exact) mass is 445 g/mol. The standard InChI is InChI=1S/C20H19N3O5S2/c1-14-17-4-2-3-5-18(17)29-19(14)20(24)21-10-12-22(13-11-21)30(27,28)16-8-6-15(7-9-16)23(25)26/h2-9H,10-13H2,1H3. The van der Waals surface area contributed by atoms with E-state index in [0.717, 1.165) is 15.6 Å². The van der Waals surface area contributed by atoms with Crippen molar-refractivity contribution in [3.05, 3.63) is 69.1 Å². The number of sulfonamides is 1. The van der Waals surface area contributed by atoms with Crippen LogP contribution in [0.25, 0.3) is 10.1 Å². The number of nitro groups is 1. The Balaban J connectivity index is 1.48. The Kier molecular flexibility index (Phi) is 5.31. The summed E-state index contributed by atoms with van der Waals surface area (Å²) in [5.74, 6) is -0.0823. The number of carbonyl (C=O) groups excluding carboxylic acids is 1. The molecule has 4 rings (SSSR count). The van der Waals surface area contributed by atoms with E-state index in [1.54, 1.807) is 4.90 Å². The fraction of sp³-hybridized carbons (Fsp3) is 0.250. The van der Waals surface area contributed by atoms with Gasteiger partial charge in [-0.3, -0.25) is 14.9 Å². The largest absolute Gasteiger partial charge is 0.335 e. The Labute approximate surface area is 177 Å². The van der Waals surface area contributed by atoms with Crippen molar-refractivity contribution >= 4 is 43.0 Å². The summed E-state index contributed by atoms with van der Waals surface area (Å²) < 4.78 is 28.1. The Morgan fingerprint density at radius 2 is 1.67 bits per heavy atom. The van der Waals surface area contributed by atoms with Gasteiger partial charge in [0.25, 0.3) is 11.6 Å². The third-order valence-electron chi connectivity index (χ3n) is 5.25. The molecule has 156 valence electrons. The summed E-state index contributed by atoms with van der Waals surface area (Å²) >= 11 is 1.45. The van der Waals surface area contributed by atoms with Crippen LogP contribution in [-0.2, 0) is 10.0 Å². The zero-order valence-electron chi connectivity index (χ0n) is 16.1. The number of nitro benzene ring substituents is 1. The normalized spacial score (nSPS) is 15.4. The maximum Gasteiger partial charge on any atom is 0.269 e. The smallest absolute Gasteiger partial charge is 0.269 e. The Hall–Kier alpha value is -2.82. The fourth-order valence-electron chi connectivity index (χ4n) is 3.54. The molecular formula is C20H19N3O5S2. The molecule has 2 heterocycles. The maximum atomic E-state index is 13.0. The number of amides is 1. The number of nitrogens with zero attached hydrogens (tertiary/aromatic N) is 3. The van der Waals surface area contributed by atoms with Crippen LogP contribution in [-0.4, -0.2) is 54.6 Å². The van der Waals surface area contributed by atoms with Crippen molar-refractivity contribution < 1.29 is 18.1 Å². The molecule has 0 aliphatic carbocycles. The van der Waals surface area contributed by atoms with E-state index in [9.17, 15) is 23.3 Å². The number of aryl methyl sites for hydroxylation is 1. The molecule has 2 aromatic carbocycles. The first-order valence-corrected chi connectivity index (χ1v) is 11.6. The second kappa shape index (κ2) is 7.78. The van der Waals surface area contributed by atoms with Gasteiger partial charge in [0, 0.05) is 43.0 Å². The quantitative estimate of drug-likeness (QED) is 0.453. The van der Waals surface area contributed by atoms with Gasteiger partial charge < -0.3 is 4.90 Å². The first kappa shape index (κ1) is 20.5. The number of benzene rings is 2. The predicted octanol–water partition coefficient (Wildman–Crippen LogP) is 3.26. The van der Waals surface area contributed by atoms with Crippen molar-refractivity contribution in [2.75, 3.05) is 26.2 Å². The molecule has 1 fully saturated rings. The molecule has 30 heavy (non-hydrogen) atoms. The minimum absolute atomic E-state index is 0.00762. The van der Waals surface area contributed by atoms with E-state index in [1.807, 2.05) is 31.2 Å². The summed E-state index contributed by atoms with van der Waals surface area (Å²) in [6, 6.07) is 12.7. The van der Waals surface area contributed by atoms with Gasteiger partial charge in [-0.2, -0.15) is 4.31 Å². The molecule has 1 saturated heterocycles. The van der Waals surface area contributed by atoms with Gasteiger partial charge in [0.15, 0.2) is 0 Å². The van der Waals surface area contributed by atoms with Crippen molar-refractivity contribution in [2.24, 2.45) is 0 Å². The van der Waals surface area contributed by atoms with Gasteiger partial charge in [0.1, 0.15) is 0 Å². The van der Waals surface area contributed by atoms with Gasteiger partial charge in [0.2, 0.25) is 10.0 Å². The van der Waals surface area contributed by atoms with Crippen molar-refractivity contribution in [3.63, 3.8) is 0 Å². The summed E-state index contributed by atoms with van der Waals surface area (Å²) in [4.78, 5) is 25.6. The van der Waals surface area contributed by atoms with Gasteiger partial charge in [-0.25, -0.2) is 8.42 Å². The van der Waals surface area contributed by atoms with E-state index in [4.69, 9.17) is 0 Å². The van der Waals surface area contributed by atoms with Gasteiger partial charge in [-0.1, -0.05) is 18.2 Å². The lowest BCUT2D eigenvalue weighted by molar-refractivity contribution is -0.384. The van der Waals surface area contributed by atoms with Crippen LogP contribution in [0.4, 0.5) is 5.69 Å². The van der Waals surface area contributed by atoms with Crippen molar-refractivity contribution in [1.82, 2.24) is 9.21 Å². The molecule has 0 bridgehead atoms. The van der Waals surface area contributed by atoms with E-state index in [2.05, 4.69) is 0 Å². The minimum atomic E-state index is -3.77. The third-order valence-corrected chi connectivity index (χ3v) is 8.42. The zero-order valence-corrected chi connectivity index (χ0v) is 17.8. The van der Waals surface area contributed by atoms with Crippen LogP contribution < -0.4 is 0 Å². The summed E-state index contributed by atoms with van der Waals surface area (Å²) in [5.41, 5.74) is 0.782. The average Bonchev–Trinajstić information content (AvgIpc) is 3.10. The highest BCUT2D eigenvalue weighted by atomic mass is 32.2. The van der Waals surface area contributed by atoms with Crippen LogP contribution in [0.3, 0.4) is 0 Å². The third kappa shape index (κ3) is 3.57. The second-order valence-electron chi connectivity index (χ2n) is 7.00. The summed E-state index contributed by atoms with van der Waals surface area (Å²) in [6.45, 7) is 2.86. The molecule has 0 radical (unpaired) electrons. The molecule has 3 aromatic rings. The van der Waals surface area contributed by atoms with Crippen molar-refractivity contribution in [2.45, 2.75) is 11.8 Å². The van der Waals surface area contributed by atoms with Gasteiger partial charge in [0.05, 0.1) is 14.7 Å². The molecule has 0 N–H and O–H groups in total. The number of carbonyl (C=O) groups is 1. The lowest BCUT2D eigenvalue weighted by Crippen LogP contribution is -2.50. The van der Waals surface area contributed by atoms with Crippen molar-refractivity contribution in [3.8, 4) is 0 Å². The number of thiophene rings is 1. The highest BCUT2D eigenvalue weighted by Crippen LogP contribution is 2.32. The summed E-state index contributed by atoms with van der Waals surface area (Å²) in [7, 11) is -3.77. The number of non-ortho nitro benzene ring substituents is 1. The van der Waals surface area contributed by atoms with Crippen LogP contribution in [0, 0.1) is 17.0 Å². The van der Waals surface area contributed by atoms with E-state index >= 15 is 0 Å². The number of hydrogen-bond donors (Lipinski definition) is 0. The van der Waals surface area contributed by atoms with E-state index in [-0.39, 0.29) is 29.6 Å². The molecule has 1 amide bonds. The van der Waals surface area contributed by atoms with Crippen LogP contribution in [0.2, 0.25) is 0 Å². The molecule has 0 unspecified atom stereocenters. The lowest BCUT2D eigenvalue weighted by Gasteiger charge is -2.33. The number of rotatable bonds is 4. The van der Waals surface area contributed by atoms with Crippen LogP contribution in [0.1, 0.15) is 15.2 Å². The van der Waals surface area contributed by atoms with E-state index < -0.39 is 14.9 Å².